The van der Waals surface area contributed by atoms with Crippen LogP contribution in [0.3, 0.4) is 0 Å². The lowest BCUT2D eigenvalue weighted by molar-refractivity contribution is -0.120. The first-order chi connectivity index (χ1) is 12.7. The lowest BCUT2D eigenvalue weighted by Crippen LogP contribution is -2.34. The van der Waals surface area contributed by atoms with Crippen molar-refractivity contribution in [1.82, 2.24) is 10.6 Å². The summed E-state index contributed by atoms with van der Waals surface area (Å²) >= 11 is 0. The van der Waals surface area contributed by atoms with Crippen LogP contribution in [0.25, 0.3) is 0 Å². The molecule has 2 aromatic rings. The van der Waals surface area contributed by atoms with Crippen molar-refractivity contribution < 1.29 is 19.0 Å². The number of ether oxygens (including phenoxy) is 3. The number of carbonyl (C=O) groups excluding carboxylic acids is 1. The number of rotatable bonds is 10. The van der Waals surface area contributed by atoms with Crippen molar-refractivity contribution in [2.24, 2.45) is 0 Å². The lowest BCUT2D eigenvalue weighted by atomic mass is 10.1. The smallest absolute Gasteiger partial charge is 0.234 e. The van der Waals surface area contributed by atoms with Crippen molar-refractivity contribution in [3.05, 3.63) is 53.6 Å². The minimum absolute atomic E-state index is 0.0557. The average Bonchev–Trinajstić information content (AvgIpc) is 2.69. The number of para-hydroxylation sites is 1. The molecule has 2 N–H and O–H groups in total. The molecule has 6 heteroatoms. The van der Waals surface area contributed by atoms with Crippen LogP contribution in [0.5, 0.6) is 17.2 Å². The topological polar surface area (TPSA) is 68.8 Å². The molecule has 0 saturated carbocycles. The molecule has 2 aromatic carbocycles. The Morgan fingerprint density at radius 3 is 2.38 bits per heavy atom. The van der Waals surface area contributed by atoms with Gasteiger partial charge >= 0.3 is 0 Å². The standard InChI is InChI=1S/C20H26N2O4/c1-24-17-7-5-4-6-16(17)10-11-21-14-20(23)22-13-15-8-9-18(25-2)19(12-15)26-3/h4-9,12,21H,10-11,13-14H2,1-3H3,(H,22,23). The summed E-state index contributed by atoms with van der Waals surface area (Å²) in [4.78, 5) is 12.0. The second kappa shape index (κ2) is 10.3. The molecule has 2 rings (SSSR count). The summed E-state index contributed by atoms with van der Waals surface area (Å²) in [7, 11) is 4.84. The molecule has 1 amide bonds. The van der Waals surface area contributed by atoms with Gasteiger partial charge in [0.2, 0.25) is 5.91 Å². The molecule has 0 aromatic heterocycles. The van der Waals surface area contributed by atoms with Crippen molar-refractivity contribution >= 4 is 5.91 Å². The van der Waals surface area contributed by atoms with Crippen LogP contribution in [0.1, 0.15) is 11.1 Å². The highest BCUT2D eigenvalue weighted by molar-refractivity contribution is 5.78. The monoisotopic (exact) mass is 358 g/mol. The van der Waals surface area contributed by atoms with E-state index >= 15 is 0 Å². The summed E-state index contributed by atoms with van der Waals surface area (Å²) in [5.41, 5.74) is 2.07. The van der Waals surface area contributed by atoms with Gasteiger partial charge in [0, 0.05) is 6.54 Å². The van der Waals surface area contributed by atoms with Crippen LogP contribution in [0.4, 0.5) is 0 Å². The third kappa shape index (κ3) is 5.67. The molecule has 0 aliphatic heterocycles. The Hall–Kier alpha value is -2.73. The predicted molar refractivity (Wildman–Crippen MR) is 101 cm³/mol. The predicted octanol–water partition coefficient (Wildman–Crippen LogP) is 2.16. The second-order valence-electron chi connectivity index (χ2n) is 5.70. The molecule has 0 aliphatic rings. The van der Waals surface area contributed by atoms with Gasteiger partial charge in [-0.15, -0.1) is 0 Å². The summed E-state index contributed by atoms with van der Waals surface area (Å²) in [6.07, 6.45) is 0.799. The molecule has 0 fully saturated rings. The summed E-state index contributed by atoms with van der Waals surface area (Å²) in [6, 6.07) is 13.5. The first kappa shape index (κ1) is 19.6. The third-order valence-corrected chi connectivity index (χ3v) is 3.99. The molecule has 26 heavy (non-hydrogen) atoms. The van der Waals surface area contributed by atoms with Gasteiger partial charge in [0.1, 0.15) is 5.75 Å². The second-order valence-corrected chi connectivity index (χ2v) is 5.70. The molecule has 6 nitrogen and oxygen atoms in total. The number of hydrogen-bond donors (Lipinski definition) is 2. The highest BCUT2D eigenvalue weighted by Crippen LogP contribution is 2.27. The maximum absolute atomic E-state index is 12.0. The Kier molecular flexibility index (Phi) is 7.76. The van der Waals surface area contributed by atoms with Gasteiger partial charge in [-0.2, -0.15) is 0 Å². The van der Waals surface area contributed by atoms with E-state index in [9.17, 15) is 4.79 Å². The fourth-order valence-electron chi connectivity index (χ4n) is 2.59. The number of nitrogens with one attached hydrogen (secondary N) is 2. The van der Waals surface area contributed by atoms with E-state index in [1.54, 1.807) is 21.3 Å². The average molecular weight is 358 g/mol. The molecule has 0 saturated heterocycles. The van der Waals surface area contributed by atoms with E-state index in [4.69, 9.17) is 14.2 Å². The quantitative estimate of drug-likeness (QED) is 0.637. The summed E-state index contributed by atoms with van der Waals surface area (Å²) in [6.45, 7) is 1.40. The number of benzene rings is 2. The number of carbonyl (C=O) groups is 1. The molecule has 0 bridgehead atoms. The van der Waals surface area contributed by atoms with Gasteiger partial charge in [0.15, 0.2) is 11.5 Å². The third-order valence-electron chi connectivity index (χ3n) is 3.99. The van der Waals surface area contributed by atoms with Crippen LogP contribution in [-0.4, -0.2) is 40.3 Å². The normalized spacial score (nSPS) is 10.3. The lowest BCUT2D eigenvalue weighted by Gasteiger charge is -2.11. The van der Waals surface area contributed by atoms with Crippen LogP contribution >= 0.6 is 0 Å². The fraction of sp³-hybridized carbons (Fsp3) is 0.350. The first-order valence-electron chi connectivity index (χ1n) is 8.48. The van der Waals surface area contributed by atoms with Gasteiger partial charge in [-0.25, -0.2) is 0 Å². The molecule has 0 atom stereocenters. The molecule has 0 unspecified atom stereocenters. The molecule has 0 heterocycles. The zero-order valence-electron chi connectivity index (χ0n) is 15.5. The molecule has 0 radical (unpaired) electrons. The Morgan fingerprint density at radius 2 is 1.65 bits per heavy atom. The number of methoxy groups -OCH3 is 3. The van der Waals surface area contributed by atoms with Crippen LogP contribution < -0.4 is 24.8 Å². The highest BCUT2D eigenvalue weighted by atomic mass is 16.5. The van der Waals surface area contributed by atoms with E-state index < -0.39 is 0 Å². The van der Waals surface area contributed by atoms with E-state index in [2.05, 4.69) is 10.6 Å². The van der Waals surface area contributed by atoms with Crippen LogP contribution in [-0.2, 0) is 17.8 Å². The maximum atomic E-state index is 12.0. The Bertz CT molecular complexity index is 719. The summed E-state index contributed by atoms with van der Waals surface area (Å²) in [5.74, 6) is 2.13. The minimum atomic E-state index is -0.0557. The zero-order chi connectivity index (χ0) is 18.8. The molecular weight excluding hydrogens is 332 g/mol. The molecule has 0 spiro atoms. The van der Waals surface area contributed by atoms with Gasteiger partial charge in [-0.05, 0) is 42.3 Å². The van der Waals surface area contributed by atoms with Gasteiger partial charge in [-0.3, -0.25) is 4.79 Å². The minimum Gasteiger partial charge on any atom is -0.496 e. The fourth-order valence-corrected chi connectivity index (χ4v) is 2.59. The molecule has 140 valence electrons. The Labute approximate surface area is 154 Å². The van der Waals surface area contributed by atoms with Crippen molar-refractivity contribution in [2.45, 2.75) is 13.0 Å². The zero-order valence-corrected chi connectivity index (χ0v) is 15.5. The number of hydrogen-bond acceptors (Lipinski definition) is 5. The molecule has 0 aliphatic carbocycles. The maximum Gasteiger partial charge on any atom is 0.234 e. The number of amides is 1. The van der Waals surface area contributed by atoms with Crippen molar-refractivity contribution in [2.75, 3.05) is 34.4 Å². The van der Waals surface area contributed by atoms with Gasteiger partial charge < -0.3 is 24.8 Å². The van der Waals surface area contributed by atoms with E-state index in [1.807, 2.05) is 42.5 Å². The first-order valence-corrected chi connectivity index (χ1v) is 8.48. The van der Waals surface area contributed by atoms with Crippen molar-refractivity contribution in [3.63, 3.8) is 0 Å². The van der Waals surface area contributed by atoms with Gasteiger partial charge in [-0.1, -0.05) is 24.3 Å². The summed E-state index contributed by atoms with van der Waals surface area (Å²) in [5, 5.41) is 6.04. The van der Waals surface area contributed by atoms with Crippen LogP contribution in [0.2, 0.25) is 0 Å². The molecular formula is C20H26N2O4. The highest BCUT2D eigenvalue weighted by Gasteiger charge is 2.06. The van der Waals surface area contributed by atoms with E-state index in [0.29, 0.717) is 24.6 Å². The van der Waals surface area contributed by atoms with Gasteiger partial charge in [0.05, 0.1) is 27.9 Å². The van der Waals surface area contributed by atoms with E-state index in [0.717, 1.165) is 23.3 Å². The Balaban J connectivity index is 1.72. The SMILES string of the molecule is COc1ccccc1CCNCC(=O)NCc1ccc(OC)c(OC)c1. The van der Waals surface area contributed by atoms with Gasteiger partial charge in [0.25, 0.3) is 0 Å². The largest absolute Gasteiger partial charge is 0.496 e. The van der Waals surface area contributed by atoms with Crippen molar-refractivity contribution in [3.8, 4) is 17.2 Å². The van der Waals surface area contributed by atoms with Crippen LogP contribution in [0, 0.1) is 0 Å². The Morgan fingerprint density at radius 1 is 0.923 bits per heavy atom. The van der Waals surface area contributed by atoms with E-state index in [-0.39, 0.29) is 12.5 Å². The van der Waals surface area contributed by atoms with Crippen LogP contribution in [0.15, 0.2) is 42.5 Å². The van der Waals surface area contributed by atoms with E-state index in [1.165, 1.54) is 0 Å². The van der Waals surface area contributed by atoms with Crippen molar-refractivity contribution in [1.29, 1.82) is 0 Å². The summed E-state index contributed by atoms with van der Waals surface area (Å²) < 4.78 is 15.8.